The maximum absolute atomic E-state index is 12.7. The zero-order chi connectivity index (χ0) is 20.8. The molecule has 2 N–H and O–H groups in total. The molecule has 4 rings (SSSR count). The number of ether oxygens (including phenoxy) is 1. The van der Waals surface area contributed by atoms with E-state index in [9.17, 15) is 9.90 Å². The van der Waals surface area contributed by atoms with Crippen molar-refractivity contribution in [2.45, 2.75) is 37.6 Å². The second kappa shape index (κ2) is 9.98. The van der Waals surface area contributed by atoms with Crippen molar-refractivity contribution in [3.8, 4) is 5.75 Å². The van der Waals surface area contributed by atoms with Gasteiger partial charge in [0.05, 0.1) is 19.8 Å². The Morgan fingerprint density at radius 1 is 0.967 bits per heavy atom. The predicted octanol–water partition coefficient (Wildman–Crippen LogP) is 1.67. The fourth-order valence-corrected chi connectivity index (χ4v) is 5.20. The van der Waals surface area contributed by atoms with Crippen LogP contribution in [-0.4, -0.2) is 91.9 Å². The van der Waals surface area contributed by atoms with Gasteiger partial charge in [-0.2, -0.15) is 0 Å². The first-order valence-electron chi connectivity index (χ1n) is 11.5. The average molecular weight is 417 g/mol. The molecule has 2 heterocycles. The van der Waals surface area contributed by atoms with Gasteiger partial charge in [-0.3, -0.25) is 14.6 Å². The summed E-state index contributed by atoms with van der Waals surface area (Å²) < 4.78 is 5.56. The quantitative estimate of drug-likeness (QED) is 0.735. The van der Waals surface area contributed by atoms with E-state index < -0.39 is 0 Å². The molecule has 1 aromatic rings. The maximum Gasteiger partial charge on any atom is 0.234 e. The highest BCUT2D eigenvalue weighted by Gasteiger charge is 2.38. The van der Waals surface area contributed by atoms with Gasteiger partial charge >= 0.3 is 0 Å². The molecule has 1 amide bonds. The van der Waals surface area contributed by atoms with Gasteiger partial charge < -0.3 is 20.1 Å². The predicted molar refractivity (Wildman–Crippen MR) is 118 cm³/mol. The molecular weight excluding hydrogens is 380 g/mol. The van der Waals surface area contributed by atoms with E-state index in [1.165, 1.54) is 32.1 Å². The second-order valence-electron chi connectivity index (χ2n) is 8.94. The third-order valence-electron chi connectivity index (χ3n) is 7.04. The van der Waals surface area contributed by atoms with E-state index in [-0.39, 0.29) is 11.4 Å². The third-order valence-corrected chi connectivity index (χ3v) is 7.04. The summed E-state index contributed by atoms with van der Waals surface area (Å²) in [6.07, 6.45) is 6.18. The van der Waals surface area contributed by atoms with Crippen LogP contribution < -0.4 is 10.2 Å². The van der Waals surface area contributed by atoms with Crippen LogP contribution in [0.3, 0.4) is 0 Å². The Kier molecular flexibility index (Phi) is 7.12. The van der Waals surface area contributed by atoms with Crippen molar-refractivity contribution in [2.75, 3.05) is 70.5 Å². The van der Waals surface area contributed by atoms with E-state index >= 15 is 0 Å². The van der Waals surface area contributed by atoms with Gasteiger partial charge in [-0.05, 0) is 37.1 Å². The fourth-order valence-electron chi connectivity index (χ4n) is 5.20. The van der Waals surface area contributed by atoms with Crippen LogP contribution in [0.2, 0.25) is 0 Å². The molecule has 2 aliphatic heterocycles. The number of piperazine rings is 1. The van der Waals surface area contributed by atoms with E-state index in [4.69, 9.17) is 4.74 Å². The number of phenolic OH excluding ortho intramolecular Hbond substituents is 1. The van der Waals surface area contributed by atoms with E-state index in [0.717, 1.165) is 64.7 Å². The number of hydrogen-bond donors (Lipinski definition) is 2. The number of carbonyl (C=O) groups excluding carboxylic acids is 1. The lowest BCUT2D eigenvalue weighted by atomic mass is 9.79. The molecule has 1 aliphatic carbocycles. The molecule has 0 atom stereocenters. The Labute approximate surface area is 180 Å². The van der Waals surface area contributed by atoms with Crippen LogP contribution in [0.25, 0.3) is 0 Å². The van der Waals surface area contributed by atoms with Gasteiger partial charge in [-0.25, -0.2) is 0 Å². The first kappa shape index (κ1) is 21.4. The zero-order valence-corrected chi connectivity index (χ0v) is 18.0. The van der Waals surface area contributed by atoms with E-state index in [2.05, 4.69) is 20.0 Å². The Hall–Kier alpha value is -1.83. The lowest BCUT2D eigenvalue weighted by Gasteiger charge is -2.48. The number of nitrogens with zero attached hydrogens (tertiary/aromatic N) is 3. The lowest BCUT2D eigenvalue weighted by Crippen LogP contribution is -2.60. The van der Waals surface area contributed by atoms with Gasteiger partial charge in [0.2, 0.25) is 5.91 Å². The van der Waals surface area contributed by atoms with E-state index in [1.807, 2.05) is 12.1 Å². The highest BCUT2D eigenvalue weighted by Crippen LogP contribution is 2.33. The van der Waals surface area contributed by atoms with Crippen molar-refractivity contribution >= 4 is 11.6 Å². The topological polar surface area (TPSA) is 68.3 Å². The zero-order valence-electron chi connectivity index (χ0n) is 18.0. The number of anilines is 1. The molecule has 30 heavy (non-hydrogen) atoms. The number of phenols is 1. The molecular formula is C23H36N4O3. The highest BCUT2D eigenvalue weighted by molar-refractivity contribution is 5.78. The van der Waals surface area contributed by atoms with Crippen molar-refractivity contribution < 1.29 is 14.6 Å². The Balaban J connectivity index is 1.24. The first-order chi connectivity index (χ1) is 14.6. The number of hydrogen-bond acceptors (Lipinski definition) is 6. The van der Waals surface area contributed by atoms with Crippen LogP contribution in [0.5, 0.6) is 5.75 Å². The minimum atomic E-state index is 0.120. The van der Waals surface area contributed by atoms with Crippen LogP contribution in [0.15, 0.2) is 24.3 Å². The first-order valence-corrected chi connectivity index (χ1v) is 11.5. The Morgan fingerprint density at radius 2 is 1.63 bits per heavy atom. The number of morpholine rings is 1. The fraction of sp³-hybridized carbons (Fsp3) is 0.696. The van der Waals surface area contributed by atoms with E-state index in [0.29, 0.717) is 12.3 Å². The number of aromatic hydroxyl groups is 1. The molecule has 0 unspecified atom stereocenters. The summed E-state index contributed by atoms with van der Waals surface area (Å²) in [5, 5.41) is 12.7. The molecule has 166 valence electrons. The van der Waals surface area contributed by atoms with Crippen molar-refractivity contribution in [2.24, 2.45) is 0 Å². The maximum atomic E-state index is 12.7. The standard InChI is InChI=1S/C23H36N4O3/c28-21-6-4-20(5-7-21)26-12-10-25(11-13-26)18-22(29)24-19-23(8-2-1-3-9-23)27-14-16-30-17-15-27/h4-7,28H,1-3,8-19H2,(H,24,29). The van der Waals surface area contributed by atoms with Crippen molar-refractivity contribution in [1.82, 2.24) is 15.1 Å². The monoisotopic (exact) mass is 416 g/mol. The van der Waals surface area contributed by atoms with Crippen LogP contribution >= 0.6 is 0 Å². The molecule has 1 aromatic carbocycles. The van der Waals surface area contributed by atoms with Crippen LogP contribution in [-0.2, 0) is 9.53 Å². The molecule has 0 bridgehead atoms. The van der Waals surface area contributed by atoms with E-state index in [1.54, 1.807) is 12.1 Å². The minimum Gasteiger partial charge on any atom is -0.508 e. The molecule has 3 aliphatic rings. The molecule has 0 aromatic heterocycles. The summed E-state index contributed by atoms with van der Waals surface area (Å²) >= 11 is 0. The molecule has 1 saturated carbocycles. The van der Waals surface area contributed by atoms with Gasteiger partial charge in [0.15, 0.2) is 0 Å². The average Bonchev–Trinajstić information content (AvgIpc) is 2.80. The summed E-state index contributed by atoms with van der Waals surface area (Å²) in [6, 6.07) is 7.36. The number of rotatable bonds is 6. The lowest BCUT2D eigenvalue weighted by molar-refractivity contribution is -0.123. The molecule has 7 nitrogen and oxygen atoms in total. The highest BCUT2D eigenvalue weighted by atomic mass is 16.5. The van der Waals surface area contributed by atoms with Crippen LogP contribution in [0.1, 0.15) is 32.1 Å². The van der Waals surface area contributed by atoms with Crippen molar-refractivity contribution in [3.63, 3.8) is 0 Å². The largest absolute Gasteiger partial charge is 0.508 e. The SMILES string of the molecule is O=C(CN1CCN(c2ccc(O)cc2)CC1)NCC1(N2CCOCC2)CCCCC1. The summed E-state index contributed by atoms with van der Waals surface area (Å²) in [5.41, 5.74) is 1.25. The number of carbonyl (C=O) groups is 1. The van der Waals surface area contributed by atoms with Crippen molar-refractivity contribution in [3.05, 3.63) is 24.3 Å². The Bertz CT molecular complexity index is 676. The van der Waals surface area contributed by atoms with Gasteiger partial charge in [-0.15, -0.1) is 0 Å². The summed E-state index contributed by atoms with van der Waals surface area (Å²) in [6.45, 7) is 8.37. The van der Waals surface area contributed by atoms with Gasteiger partial charge in [0.25, 0.3) is 0 Å². The molecule has 0 radical (unpaired) electrons. The Morgan fingerprint density at radius 3 is 2.30 bits per heavy atom. The number of amides is 1. The number of nitrogens with one attached hydrogen (secondary N) is 1. The van der Waals surface area contributed by atoms with Crippen LogP contribution in [0, 0.1) is 0 Å². The third kappa shape index (κ3) is 5.25. The molecule has 2 saturated heterocycles. The number of benzene rings is 1. The summed E-state index contributed by atoms with van der Waals surface area (Å²) in [7, 11) is 0. The molecule has 0 spiro atoms. The summed E-state index contributed by atoms with van der Waals surface area (Å²) in [4.78, 5) is 19.9. The molecule has 7 heteroatoms. The normalized spacial score (nSPS) is 23.3. The van der Waals surface area contributed by atoms with Gasteiger partial charge in [-0.1, -0.05) is 19.3 Å². The second-order valence-corrected chi connectivity index (χ2v) is 8.94. The molecule has 3 fully saturated rings. The summed E-state index contributed by atoms with van der Waals surface area (Å²) in [5.74, 6) is 0.438. The van der Waals surface area contributed by atoms with Gasteiger partial charge in [0, 0.05) is 57.0 Å². The van der Waals surface area contributed by atoms with Crippen molar-refractivity contribution in [1.29, 1.82) is 0 Å². The minimum absolute atomic E-state index is 0.120. The van der Waals surface area contributed by atoms with Crippen LogP contribution in [0.4, 0.5) is 5.69 Å². The van der Waals surface area contributed by atoms with Gasteiger partial charge in [0.1, 0.15) is 5.75 Å². The smallest absolute Gasteiger partial charge is 0.234 e.